The van der Waals surface area contributed by atoms with Gasteiger partial charge in [-0.1, -0.05) is 17.7 Å². The highest BCUT2D eigenvalue weighted by atomic mass is 35.5. The van der Waals surface area contributed by atoms with Gasteiger partial charge in [-0.15, -0.1) is 0 Å². The standard InChI is InChI=1S/C8H9ClFN/c1-11(2)7-5-3-4-6(9)8(7)10/h3-5H,1-2H3. The van der Waals surface area contributed by atoms with E-state index in [-0.39, 0.29) is 10.8 Å². The lowest BCUT2D eigenvalue weighted by Gasteiger charge is -2.13. The molecular formula is C8H9ClFN. The van der Waals surface area contributed by atoms with Gasteiger partial charge in [0.15, 0.2) is 5.82 Å². The molecule has 0 aromatic heterocycles. The SMILES string of the molecule is CN(C)c1cccc(Cl)c1F. The molecule has 1 rings (SSSR count). The average Bonchev–Trinajstić information content (AvgIpc) is 1.94. The molecule has 0 bridgehead atoms. The van der Waals surface area contributed by atoms with Crippen LogP contribution in [0, 0.1) is 5.82 Å². The quantitative estimate of drug-likeness (QED) is 0.631. The number of rotatable bonds is 1. The first-order chi connectivity index (χ1) is 5.13. The lowest BCUT2D eigenvalue weighted by atomic mass is 10.3. The molecule has 60 valence electrons. The molecule has 0 N–H and O–H groups in total. The van der Waals surface area contributed by atoms with Gasteiger partial charge in [-0.3, -0.25) is 0 Å². The third kappa shape index (κ3) is 1.63. The molecule has 0 aliphatic rings. The number of anilines is 1. The number of benzene rings is 1. The van der Waals surface area contributed by atoms with Gasteiger partial charge in [0, 0.05) is 14.1 Å². The first kappa shape index (κ1) is 8.34. The maximum Gasteiger partial charge on any atom is 0.165 e. The molecule has 0 saturated carbocycles. The van der Waals surface area contributed by atoms with Crippen molar-refractivity contribution in [2.75, 3.05) is 19.0 Å². The summed E-state index contributed by atoms with van der Waals surface area (Å²) in [4.78, 5) is 1.68. The Hall–Kier alpha value is -0.760. The van der Waals surface area contributed by atoms with E-state index >= 15 is 0 Å². The smallest absolute Gasteiger partial charge is 0.165 e. The molecule has 3 heteroatoms. The van der Waals surface area contributed by atoms with Crippen LogP contribution in [0.3, 0.4) is 0 Å². The normalized spacial score (nSPS) is 9.82. The second kappa shape index (κ2) is 3.09. The van der Waals surface area contributed by atoms with Crippen molar-refractivity contribution in [2.45, 2.75) is 0 Å². The Labute approximate surface area is 70.4 Å². The third-order valence-electron chi connectivity index (χ3n) is 1.41. The van der Waals surface area contributed by atoms with E-state index in [1.54, 1.807) is 31.1 Å². The summed E-state index contributed by atoms with van der Waals surface area (Å²) < 4.78 is 13.1. The molecular weight excluding hydrogens is 165 g/mol. The van der Waals surface area contributed by atoms with Gasteiger partial charge in [-0.05, 0) is 12.1 Å². The van der Waals surface area contributed by atoms with Crippen molar-refractivity contribution in [3.05, 3.63) is 29.0 Å². The van der Waals surface area contributed by atoms with Crippen LogP contribution in [0.25, 0.3) is 0 Å². The van der Waals surface area contributed by atoms with Crippen LogP contribution in [0.1, 0.15) is 0 Å². The number of halogens is 2. The topological polar surface area (TPSA) is 3.24 Å². The van der Waals surface area contributed by atoms with Crippen molar-refractivity contribution in [3.63, 3.8) is 0 Å². The highest BCUT2D eigenvalue weighted by molar-refractivity contribution is 6.31. The van der Waals surface area contributed by atoms with Gasteiger partial charge in [0.25, 0.3) is 0 Å². The predicted octanol–water partition coefficient (Wildman–Crippen LogP) is 2.55. The van der Waals surface area contributed by atoms with Gasteiger partial charge in [-0.25, -0.2) is 4.39 Å². The van der Waals surface area contributed by atoms with Crippen molar-refractivity contribution in [2.24, 2.45) is 0 Å². The zero-order chi connectivity index (χ0) is 8.43. The minimum Gasteiger partial charge on any atom is -0.375 e. The van der Waals surface area contributed by atoms with E-state index in [9.17, 15) is 4.39 Å². The molecule has 0 heterocycles. The van der Waals surface area contributed by atoms with Gasteiger partial charge in [0.2, 0.25) is 0 Å². The molecule has 0 atom stereocenters. The Morgan fingerprint density at radius 1 is 1.36 bits per heavy atom. The van der Waals surface area contributed by atoms with Crippen LogP contribution < -0.4 is 4.90 Å². The van der Waals surface area contributed by atoms with Crippen LogP contribution in [0.2, 0.25) is 5.02 Å². The van der Waals surface area contributed by atoms with E-state index in [2.05, 4.69) is 0 Å². The first-order valence-electron chi connectivity index (χ1n) is 3.24. The fourth-order valence-electron chi connectivity index (χ4n) is 0.838. The van der Waals surface area contributed by atoms with Crippen LogP contribution in [-0.2, 0) is 0 Å². The first-order valence-corrected chi connectivity index (χ1v) is 3.62. The Bertz CT molecular complexity index is 260. The predicted molar refractivity (Wildman–Crippen MR) is 45.7 cm³/mol. The number of nitrogens with zero attached hydrogens (tertiary/aromatic N) is 1. The summed E-state index contributed by atoms with van der Waals surface area (Å²) in [7, 11) is 3.55. The van der Waals surface area contributed by atoms with Crippen molar-refractivity contribution < 1.29 is 4.39 Å². The van der Waals surface area contributed by atoms with E-state index in [1.165, 1.54) is 6.07 Å². The molecule has 0 aliphatic carbocycles. The zero-order valence-corrected chi connectivity index (χ0v) is 7.19. The minimum atomic E-state index is -0.362. The Morgan fingerprint density at radius 2 is 2.00 bits per heavy atom. The summed E-state index contributed by atoms with van der Waals surface area (Å²) in [6.07, 6.45) is 0. The second-order valence-corrected chi connectivity index (χ2v) is 2.87. The highest BCUT2D eigenvalue weighted by Gasteiger charge is 2.06. The summed E-state index contributed by atoms with van der Waals surface area (Å²) in [5.74, 6) is -0.362. The van der Waals surface area contributed by atoms with Gasteiger partial charge in [0.05, 0.1) is 10.7 Å². The lowest BCUT2D eigenvalue weighted by Crippen LogP contribution is -2.10. The van der Waals surface area contributed by atoms with E-state index in [0.29, 0.717) is 5.69 Å². The summed E-state index contributed by atoms with van der Waals surface area (Å²) in [5.41, 5.74) is 0.512. The molecule has 0 fully saturated rings. The van der Waals surface area contributed by atoms with Crippen LogP contribution >= 0.6 is 11.6 Å². The molecule has 0 amide bonds. The molecule has 1 nitrogen and oxygen atoms in total. The fraction of sp³-hybridized carbons (Fsp3) is 0.250. The Morgan fingerprint density at radius 3 is 2.45 bits per heavy atom. The molecule has 1 aromatic carbocycles. The summed E-state index contributed by atoms with van der Waals surface area (Å²) in [5, 5.41) is 0.163. The zero-order valence-electron chi connectivity index (χ0n) is 6.44. The van der Waals surface area contributed by atoms with Gasteiger partial charge in [0.1, 0.15) is 0 Å². The Balaban J connectivity index is 3.17. The second-order valence-electron chi connectivity index (χ2n) is 2.47. The van der Waals surface area contributed by atoms with Gasteiger partial charge >= 0.3 is 0 Å². The van der Waals surface area contributed by atoms with Crippen LogP contribution in [0.15, 0.2) is 18.2 Å². The third-order valence-corrected chi connectivity index (χ3v) is 1.70. The summed E-state index contributed by atoms with van der Waals surface area (Å²) in [6, 6.07) is 4.94. The minimum absolute atomic E-state index is 0.163. The summed E-state index contributed by atoms with van der Waals surface area (Å²) >= 11 is 5.56. The summed E-state index contributed by atoms with van der Waals surface area (Å²) in [6.45, 7) is 0. The monoisotopic (exact) mass is 173 g/mol. The van der Waals surface area contributed by atoms with E-state index in [0.717, 1.165) is 0 Å². The van der Waals surface area contributed by atoms with Crippen molar-refractivity contribution in [3.8, 4) is 0 Å². The molecule has 0 radical (unpaired) electrons. The molecule has 0 aliphatic heterocycles. The maximum absolute atomic E-state index is 13.1. The van der Waals surface area contributed by atoms with E-state index in [1.807, 2.05) is 0 Å². The average molecular weight is 174 g/mol. The highest BCUT2D eigenvalue weighted by Crippen LogP contribution is 2.23. The van der Waals surface area contributed by atoms with Crippen LogP contribution in [-0.4, -0.2) is 14.1 Å². The van der Waals surface area contributed by atoms with Gasteiger partial charge in [-0.2, -0.15) is 0 Å². The number of hydrogen-bond donors (Lipinski definition) is 0. The fourth-order valence-corrected chi connectivity index (χ4v) is 1.01. The van der Waals surface area contributed by atoms with Gasteiger partial charge < -0.3 is 4.90 Å². The molecule has 0 unspecified atom stereocenters. The van der Waals surface area contributed by atoms with Crippen molar-refractivity contribution in [1.29, 1.82) is 0 Å². The van der Waals surface area contributed by atoms with Crippen LogP contribution in [0.4, 0.5) is 10.1 Å². The Kier molecular flexibility index (Phi) is 2.35. The van der Waals surface area contributed by atoms with Crippen molar-refractivity contribution >= 4 is 17.3 Å². The molecule has 11 heavy (non-hydrogen) atoms. The van der Waals surface area contributed by atoms with E-state index in [4.69, 9.17) is 11.6 Å². The van der Waals surface area contributed by atoms with Crippen LogP contribution in [0.5, 0.6) is 0 Å². The largest absolute Gasteiger partial charge is 0.375 e. The molecule has 1 aromatic rings. The van der Waals surface area contributed by atoms with Crippen molar-refractivity contribution in [1.82, 2.24) is 0 Å². The maximum atomic E-state index is 13.1. The molecule has 0 saturated heterocycles. The number of hydrogen-bond acceptors (Lipinski definition) is 1. The lowest BCUT2D eigenvalue weighted by molar-refractivity contribution is 0.626. The molecule has 0 spiro atoms. The van der Waals surface area contributed by atoms with E-state index < -0.39 is 0 Å².